The standard InChI is InChI=1S/C8H13F3O/c1-6(2)3-7(5-12)4-8(9,10)11/h5-7H,3-4H2,1-2H3. The largest absolute Gasteiger partial charge is 0.389 e. The Labute approximate surface area is 70.0 Å². The van der Waals surface area contributed by atoms with Gasteiger partial charge in [-0.25, -0.2) is 0 Å². The lowest BCUT2D eigenvalue weighted by atomic mass is 9.95. The van der Waals surface area contributed by atoms with Gasteiger partial charge < -0.3 is 4.79 Å². The van der Waals surface area contributed by atoms with Crippen LogP contribution in [-0.4, -0.2) is 12.5 Å². The highest BCUT2D eigenvalue weighted by molar-refractivity contribution is 5.53. The summed E-state index contributed by atoms with van der Waals surface area (Å²) < 4.78 is 35.4. The maximum atomic E-state index is 11.8. The molecule has 0 aliphatic rings. The number of aldehydes is 1. The van der Waals surface area contributed by atoms with E-state index in [1.807, 2.05) is 0 Å². The van der Waals surface area contributed by atoms with E-state index in [0.717, 1.165) is 0 Å². The van der Waals surface area contributed by atoms with Gasteiger partial charge in [0.05, 0.1) is 6.42 Å². The summed E-state index contributed by atoms with van der Waals surface area (Å²) in [7, 11) is 0. The zero-order chi connectivity index (χ0) is 9.78. The summed E-state index contributed by atoms with van der Waals surface area (Å²) in [6, 6.07) is 0. The number of hydrogen-bond donors (Lipinski definition) is 0. The molecule has 0 aliphatic heterocycles. The molecular weight excluding hydrogens is 169 g/mol. The van der Waals surface area contributed by atoms with E-state index in [1.165, 1.54) is 0 Å². The Bertz CT molecular complexity index is 140. The van der Waals surface area contributed by atoms with Crippen LogP contribution in [-0.2, 0) is 4.79 Å². The van der Waals surface area contributed by atoms with Gasteiger partial charge in [0.25, 0.3) is 0 Å². The number of rotatable bonds is 4. The number of carbonyl (C=O) groups excluding carboxylic acids is 1. The molecule has 4 heteroatoms. The molecular formula is C8H13F3O. The normalized spacial score (nSPS) is 14.8. The van der Waals surface area contributed by atoms with Crippen molar-refractivity contribution in [1.82, 2.24) is 0 Å². The summed E-state index contributed by atoms with van der Waals surface area (Å²) in [4.78, 5) is 10.2. The number of alkyl halides is 3. The molecule has 1 atom stereocenters. The van der Waals surface area contributed by atoms with Crippen LogP contribution in [0.5, 0.6) is 0 Å². The molecule has 0 aromatic rings. The van der Waals surface area contributed by atoms with Gasteiger partial charge in [0.1, 0.15) is 6.29 Å². The molecule has 0 amide bonds. The SMILES string of the molecule is CC(C)CC(C=O)CC(F)(F)F. The van der Waals surface area contributed by atoms with Crippen LogP contribution in [0.1, 0.15) is 26.7 Å². The second-order valence-corrected chi connectivity index (χ2v) is 3.35. The Kier molecular flexibility index (Phi) is 4.28. The third-order valence-corrected chi connectivity index (χ3v) is 1.46. The van der Waals surface area contributed by atoms with Crippen molar-refractivity contribution in [3.8, 4) is 0 Å². The molecule has 0 aliphatic carbocycles. The van der Waals surface area contributed by atoms with E-state index < -0.39 is 18.5 Å². The molecule has 0 radical (unpaired) electrons. The zero-order valence-electron chi connectivity index (χ0n) is 7.19. The summed E-state index contributed by atoms with van der Waals surface area (Å²) in [5.41, 5.74) is 0. The lowest BCUT2D eigenvalue weighted by Gasteiger charge is -2.14. The van der Waals surface area contributed by atoms with Crippen molar-refractivity contribution in [3.63, 3.8) is 0 Å². The Balaban J connectivity index is 3.92. The Morgan fingerprint density at radius 1 is 1.33 bits per heavy atom. The van der Waals surface area contributed by atoms with Crippen LogP contribution in [0.4, 0.5) is 13.2 Å². The number of hydrogen-bond acceptors (Lipinski definition) is 1. The first-order valence-corrected chi connectivity index (χ1v) is 3.87. The number of carbonyl (C=O) groups is 1. The van der Waals surface area contributed by atoms with Gasteiger partial charge in [0.15, 0.2) is 0 Å². The average Bonchev–Trinajstić information content (AvgIpc) is 1.82. The molecule has 0 heterocycles. The minimum absolute atomic E-state index is 0.127. The van der Waals surface area contributed by atoms with Crippen molar-refractivity contribution >= 4 is 6.29 Å². The van der Waals surface area contributed by atoms with Gasteiger partial charge in [-0.3, -0.25) is 0 Å². The lowest BCUT2D eigenvalue weighted by molar-refractivity contribution is -0.149. The molecule has 0 aromatic carbocycles. The van der Waals surface area contributed by atoms with Crippen LogP contribution in [0.25, 0.3) is 0 Å². The van der Waals surface area contributed by atoms with Gasteiger partial charge in [0, 0.05) is 5.92 Å². The molecule has 1 nitrogen and oxygen atoms in total. The van der Waals surface area contributed by atoms with Crippen LogP contribution >= 0.6 is 0 Å². The van der Waals surface area contributed by atoms with Crippen LogP contribution in [0, 0.1) is 11.8 Å². The van der Waals surface area contributed by atoms with Gasteiger partial charge in [-0.05, 0) is 12.3 Å². The van der Waals surface area contributed by atoms with Gasteiger partial charge >= 0.3 is 6.18 Å². The fourth-order valence-electron chi connectivity index (χ4n) is 1.09. The highest BCUT2D eigenvalue weighted by Crippen LogP contribution is 2.27. The molecule has 0 N–H and O–H groups in total. The van der Waals surface area contributed by atoms with Crippen LogP contribution < -0.4 is 0 Å². The van der Waals surface area contributed by atoms with Gasteiger partial charge in [-0.2, -0.15) is 13.2 Å². The van der Waals surface area contributed by atoms with E-state index in [0.29, 0.717) is 12.7 Å². The predicted molar refractivity (Wildman–Crippen MR) is 39.7 cm³/mol. The third kappa shape index (κ3) is 6.19. The lowest BCUT2D eigenvalue weighted by Crippen LogP contribution is -2.17. The smallest absolute Gasteiger partial charge is 0.303 e. The van der Waals surface area contributed by atoms with Crippen molar-refractivity contribution in [2.45, 2.75) is 32.9 Å². The minimum atomic E-state index is -4.22. The monoisotopic (exact) mass is 182 g/mol. The van der Waals surface area contributed by atoms with E-state index >= 15 is 0 Å². The Morgan fingerprint density at radius 3 is 2.08 bits per heavy atom. The van der Waals surface area contributed by atoms with E-state index in [1.54, 1.807) is 13.8 Å². The predicted octanol–water partition coefficient (Wildman–Crippen LogP) is 2.80. The maximum Gasteiger partial charge on any atom is 0.389 e. The summed E-state index contributed by atoms with van der Waals surface area (Å²) in [5, 5.41) is 0. The molecule has 0 bridgehead atoms. The molecule has 0 rings (SSSR count). The Hall–Kier alpha value is -0.540. The molecule has 0 saturated carbocycles. The summed E-state index contributed by atoms with van der Waals surface area (Å²) in [6.45, 7) is 3.60. The van der Waals surface area contributed by atoms with Crippen molar-refractivity contribution in [2.75, 3.05) is 0 Å². The summed E-state index contributed by atoms with van der Waals surface area (Å²) in [6.07, 6.45) is -4.51. The highest BCUT2D eigenvalue weighted by atomic mass is 19.4. The summed E-state index contributed by atoms with van der Waals surface area (Å²) in [5.74, 6) is -0.743. The molecule has 0 saturated heterocycles. The van der Waals surface area contributed by atoms with Crippen LogP contribution in [0.3, 0.4) is 0 Å². The third-order valence-electron chi connectivity index (χ3n) is 1.46. The zero-order valence-corrected chi connectivity index (χ0v) is 7.19. The molecule has 12 heavy (non-hydrogen) atoms. The second-order valence-electron chi connectivity index (χ2n) is 3.35. The van der Waals surface area contributed by atoms with E-state index in [2.05, 4.69) is 0 Å². The fourth-order valence-corrected chi connectivity index (χ4v) is 1.09. The minimum Gasteiger partial charge on any atom is -0.303 e. The van der Waals surface area contributed by atoms with Crippen molar-refractivity contribution in [2.24, 2.45) is 11.8 Å². The molecule has 1 unspecified atom stereocenters. The van der Waals surface area contributed by atoms with Gasteiger partial charge in [0.2, 0.25) is 0 Å². The van der Waals surface area contributed by atoms with Gasteiger partial charge in [-0.15, -0.1) is 0 Å². The first-order valence-electron chi connectivity index (χ1n) is 3.87. The molecule has 0 spiro atoms. The van der Waals surface area contributed by atoms with Crippen LogP contribution in [0.15, 0.2) is 0 Å². The highest BCUT2D eigenvalue weighted by Gasteiger charge is 2.31. The van der Waals surface area contributed by atoms with Crippen molar-refractivity contribution < 1.29 is 18.0 Å². The van der Waals surface area contributed by atoms with Crippen molar-refractivity contribution in [3.05, 3.63) is 0 Å². The van der Waals surface area contributed by atoms with E-state index in [4.69, 9.17) is 0 Å². The number of halogens is 3. The Morgan fingerprint density at radius 2 is 1.83 bits per heavy atom. The maximum absolute atomic E-state index is 11.8. The molecule has 0 fully saturated rings. The van der Waals surface area contributed by atoms with Crippen LogP contribution in [0.2, 0.25) is 0 Å². The van der Waals surface area contributed by atoms with Gasteiger partial charge in [-0.1, -0.05) is 13.8 Å². The average molecular weight is 182 g/mol. The van der Waals surface area contributed by atoms with Crippen molar-refractivity contribution in [1.29, 1.82) is 0 Å². The van der Waals surface area contributed by atoms with E-state index in [9.17, 15) is 18.0 Å². The quantitative estimate of drug-likeness (QED) is 0.611. The molecule has 72 valence electrons. The molecule has 0 aromatic heterocycles. The second kappa shape index (κ2) is 4.48. The fraction of sp³-hybridized carbons (Fsp3) is 0.875. The van der Waals surface area contributed by atoms with E-state index in [-0.39, 0.29) is 5.92 Å². The summed E-state index contributed by atoms with van der Waals surface area (Å²) >= 11 is 0. The first-order chi connectivity index (χ1) is 5.35. The topological polar surface area (TPSA) is 17.1 Å². The first kappa shape index (κ1) is 11.5.